The Balaban J connectivity index is 2.19. The molecule has 0 bridgehead atoms. The number of halogens is 2. The van der Waals surface area contributed by atoms with E-state index in [1.807, 2.05) is 19.9 Å². The molecule has 0 aliphatic rings. The number of hydrogen-bond acceptors (Lipinski definition) is 2. The lowest BCUT2D eigenvalue weighted by Crippen LogP contribution is -2.23. The number of rotatable bonds is 4. The van der Waals surface area contributed by atoms with Gasteiger partial charge in [0.05, 0.1) is 14.9 Å². The Kier molecular flexibility index (Phi) is 4.44. The van der Waals surface area contributed by atoms with Gasteiger partial charge >= 0.3 is 0 Å². The quantitative estimate of drug-likeness (QED) is 0.901. The minimum absolute atomic E-state index is 0.0943. The van der Waals surface area contributed by atoms with Crippen LogP contribution in [-0.4, -0.2) is 13.4 Å². The number of H-pyrrole nitrogens is 1. The van der Waals surface area contributed by atoms with E-state index in [-0.39, 0.29) is 16.5 Å². The van der Waals surface area contributed by atoms with Crippen LogP contribution in [0.2, 0.25) is 10.0 Å². The van der Waals surface area contributed by atoms with Crippen molar-refractivity contribution in [1.29, 1.82) is 0 Å². The molecule has 108 valence electrons. The molecule has 0 aliphatic heterocycles. The van der Waals surface area contributed by atoms with Crippen molar-refractivity contribution in [3.8, 4) is 0 Å². The van der Waals surface area contributed by atoms with Crippen molar-refractivity contribution in [1.82, 2.24) is 9.71 Å². The predicted octanol–water partition coefficient (Wildman–Crippen LogP) is 3.42. The molecule has 0 fully saturated rings. The first kappa shape index (κ1) is 15.4. The zero-order valence-corrected chi connectivity index (χ0v) is 13.3. The molecule has 0 saturated carbocycles. The molecule has 0 amide bonds. The van der Waals surface area contributed by atoms with Gasteiger partial charge in [0.25, 0.3) is 0 Å². The molecule has 0 atom stereocenters. The summed E-state index contributed by atoms with van der Waals surface area (Å²) in [7, 11) is -3.61. The maximum atomic E-state index is 12.2. The molecule has 0 radical (unpaired) electrons. The number of nitrogens with one attached hydrogen (secondary N) is 2. The van der Waals surface area contributed by atoms with Gasteiger partial charge < -0.3 is 4.98 Å². The van der Waals surface area contributed by atoms with Gasteiger partial charge in [0.2, 0.25) is 10.0 Å². The Morgan fingerprint density at radius 3 is 2.40 bits per heavy atom. The smallest absolute Gasteiger partial charge is 0.240 e. The summed E-state index contributed by atoms with van der Waals surface area (Å²) in [5.74, 6) is 0. The third kappa shape index (κ3) is 3.35. The lowest BCUT2D eigenvalue weighted by Gasteiger charge is -2.07. The number of aromatic amines is 1. The highest BCUT2D eigenvalue weighted by molar-refractivity contribution is 7.89. The summed E-state index contributed by atoms with van der Waals surface area (Å²) in [6, 6.07) is 6.13. The average Bonchev–Trinajstić information content (AvgIpc) is 2.69. The van der Waals surface area contributed by atoms with Gasteiger partial charge in [-0.2, -0.15) is 0 Å². The minimum atomic E-state index is -3.61. The summed E-state index contributed by atoms with van der Waals surface area (Å²) in [6.07, 6.45) is 0. The van der Waals surface area contributed by atoms with Gasteiger partial charge in [0.15, 0.2) is 0 Å². The van der Waals surface area contributed by atoms with Crippen molar-refractivity contribution in [3.63, 3.8) is 0 Å². The van der Waals surface area contributed by atoms with E-state index in [0.717, 1.165) is 17.0 Å². The van der Waals surface area contributed by atoms with E-state index in [0.29, 0.717) is 5.02 Å². The molecule has 4 nitrogen and oxygen atoms in total. The second-order valence-corrected chi connectivity index (χ2v) is 7.08. The molecule has 2 aromatic rings. The van der Waals surface area contributed by atoms with E-state index in [1.165, 1.54) is 18.2 Å². The van der Waals surface area contributed by atoms with Gasteiger partial charge in [-0.3, -0.25) is 0 Å². The van der Waals surface area contributed by atoms with Crippen LogP contribution >= 0.6 is 23.2 Å². The molecule has 1 aromatic carbocycles. The second kappa shape index (κ2) is 5.77. The van der Waals surface area contributed by atoms with Crippen LogP contribution < -0.4 is 4.72 Å². The van der Waals surface area contributed by atoms with Gasteiger partial charge in [-0.25, -0.2) is 13.1 Å². The minimum Gasteiger partial charge on any atom is -0.362 e. The van der Waals surface area contributed by atoms with Crippen molar-refractivity contribution < 1.29 is 8.42 Å². The number of hydrogen-bond donors (Lipinski definition) is 2. The Labute approximate surface area is 128 Å². The molecule has 1 aromatic heterocycles. The number of aromatic nitrogens is 1. The van der Waals surface area contributed by atoms with E-state index < -0.39 is 10.0 Å². The summed E-state index contributed by atoms with van der Waals surface area (Å²) < 4.78 is 26.9. The third-order valence-corrected chi connectivity index (χ3v) is 5.05. The Morgan fingerprint density at radius 2 is 1.85 bits per heavy atom. The van der Waals surface area contributed by atoms with Gasteiger partial charge in [0, 0.05) is 17.9 Å². The van der Waals surface area contributed by atoms with Gasteiger partial charge in [-0.1, -0.05) is 23.2 Å². The van der Waals surface area contributed by atoms with Gasteiger partial charge in [-0.05, 0) is 43.7 Å². The van der Waals surface area contributed by atoms with Gasteiger partial charge in [0.1, 0.15) is 0 Å². The molecule has 20 heavy (non-hydrogen) atoms. The Morgan fingerprint density at radius 1 is 1.15 bits per heavy atom. The normalized spacial score (nSPS) is 11.8. The van der Waals surface area contributed by atoms with Crippen LogP contribution in [0, 0.1) is 13.8 Å². The molecule has 0 unspecified atom stereocenters. The maximum Gasteiger partial charge on any atom is 0.240 e. The maximum absolute atomic E-state index is 12.2. The average molecular weight is 333 g/mol. The fourth-order valence-electron chi connectivity index (χ4n) is 1.87. The fraction of sp³-hybridized carbons (Fsp3) is 0.231. The van der Waals surface area contributed by atoms with Crippen LogP contribution in [0.5, 0.6) is 0 Å². The van der Waals surface area contributed by atoms with Crippen LogP contribution in [0.15, 0.2) is 29.2 Å². The van der Waals surface area contributed by atoms with Crippen LogP contribution in [0.25, 0.3) is 0 Å². The Hall–Kier alpha value is -1.01. The second-order valence-electron chi connectivity index (χ2n) is 4.50. The first-order valence-electron chi connectivity index (χ1n) is 5.89. The molecular weight excluding hydrogens is 319 g/mol. The third-order valence-electron chi connectivity index (χ3n) is 2.91. The highest BCUT2D eigenvalue weighted by Gasteiger charge is 2.16. The van der Waals surface area contributed by atoms with Crippen LogP contribution in [0.3, 0.4) is 0 Å². The van der Waals surface area contributed by atoms with Crippen LogP contribution in [0.1, 0.15) is 17.0 Å². The lowest BCUT2D eigenvalue weighted by atomic mass is 10.2. The van der Waals surface area contributed by atoms with Crippen molar-refractivity contribution >= 4 is 33.2 Å². The monoisotopic (exact) mass is 332 g/mol. The molecule has 0 spiro atoms. The van der Waals surface area contributed by atoms with Crippen molar-refractivity contribution in [2.24, 2.45) is 0 Å². The van der Waals surface area contributed by atoms with Gasteiger partial charge in [-0.15, -0.1) is 0 Å². The predicted molar refractivity (Wildman–Crippen MR) is 80.8 cm³/mol. The zero-order valence-electron chi connectivity index (χ0n) is 11.0. The summed E-state index contributed by atoms with van der Waals surface area (Å²) in [6.45, 7) is 4.04. The topological polar surface area (TPSA) is 62.0 Å². The summed E-state index contributed by atoms with van der Waals surface area (Å²) in [5.41, 5.74) is 2.84. The molecule has 2 rings (SSSR count). The fourth-order valence-corrected chi connectivity index (χ4v) is 3.26. The SMILES string of the molecule is Cc1cc(CNS(=O)(=O)c2ccc(Cl)c(Cl)c2)c(C)[nH]1. The summed E-state index contributed by atoms with van der Waals surface area (Å²) in [5, 5.41) is 0.533. The van der Waals surface area contributed by atoms with Crippen molar-refractivity contribution in [2.75, 3.05) is 0 Å². The summed E-state index contributed by atoms with van der Waals surface area (Å²) >= 11 is 11.6. The molecule has 0 saturated heterocycles. The van der Waals surface area contributed by atoms with E-state index in [4.69, 9.17) is 23.2 Å². The molecular formula is C13H14Cl2N2O2S. The number of sulfonamides is 1. The van der Waals surface area contributed by atoms with Crippen LogP contribution in [-0.2, 0) is 16.6 Å². The zero-order chi connectivity index (χ0) is 14.9. The standard InChI is InChI=1S/C13H14Cl2N2O2S/c1-8-5-10(9(2)17-8)7-16-20(18,19)11-3-4-12(14)13(15)6-11/h3-6,16-17H,7H2,1-2H3. The first-order valence-corrected chi connectivity index (χ1v) is 8.13. The number of benzene rings is 1. The molecule has 0 aliphatic carbocycles. The number of aryl methyl sites for hydroxylation is 2. The Bertz CT molecular complexity index is 739. The van der Waals surface area contributed by atoms with E-state index in [2.05, 4.69) is 9.71 Å². The van der Waals surface area contributed by atoms with E-state index >= 15 is 0 Å². The van der Waals surface area contributed by atoms with Crippen molar-refractivity contribution in [3.05, 3.63) is 51.3 Å². The molecule has 7 heteroatoms. The first-order chi connectivity index (χ1) is 9.29. The summed E-state index contributed by atoms with van der Waals surface area (Å²) in [4.78, 5) is 3.22. The van der Waals surface area contributed by atoms with E-state index in [9.17, 15) is 8.42 Å². The highest BCUT2D eigenvalue weighted by Crippen LogP contribution is 2.24. The largest absolute Gasteiger partial charge is 0.362 e. The molecule has 2 N–H and O–H groups in total. The van der Waals surface area contributed by atoms with E-state index in [1.54, 1.807) is 0 Å². The molecule has 1 heterocycles. The van der Waals surface area contributed by atoms with Crippen molar-refractivity contribution in [2.45, 2.75) is 25.3 Å². The lowest BCUT2D eigenvalue weighted by molar-refractivity contribution is 0.581. The van der Waals surface area contributed by atoms with Crippen LogP contribution in [0.4, 0.5) is 0 Å². The highest BCUT2D eigenvalue weighted by atomic mass is 35.5.